The Balaban J connectivity index is 1.55. The first-order valence-corrected chi connectivity index (χ1v) is 12.6. The summed E-state index contributed by atoms with van der Waals surface area (Å²) in [6.45, 7) is 2.83. The van der Waals surface area contributed by atoms with E-state index in [1.165, 1.54) is 4.57 Å². The van der Waals surface area contributed by atoms with E-state index >= 15 is 0 Å². The third kappa shape index (κ3) is 4.51. The number of aromatic nitrogens is 3. The summed E-state index contributed by atoms with van der Waals surface area (Å²) in [6.07, 6.45) is 3.65. The van der Waals surface area contributed by atoms with Gasteiger partial charge in [-0.15, -0.1) is 0 Å². The van der Waals surface area contributed by atoms with Gasteiger partial charge >= 0.3 is 0 Å². The van der Waals surface area contributed by atoms with Crippen LogP contribution < -0.4 is 10.9 Å². The average molecular weight is 476 g/mol. The van der Waals surface area contributed by atoms with Gasteiger partial charge in [0.25, 0.3) is 5.56 Å². The molecule has 0 radical (unpaired) electrons. The molecule has 1 fully saturated rings. The van der Waals surface area contributed by atoms with Crippen LogP contribution in [0.4, 0.5) is 5.95 Å². The Morgan fingerprint density at radius 2 is 1.91 bits per heavy atom. The minimum atomic E-state index is -3.17. The second-order valence-electron chi connectivity index (χ2n) is 8.01. The van der Waals surface area contributed by atoms with Crippen molar-refractivity contribution in [3.05, 3.63) is 51.9 Å². The Labute approximate surface area is 192 Å². The summed E-state index contributed by atoms with van der Waals surface area (Å²) in [6, 6.07) is 9.06. The number of hydrogen-bond donors (Lipinski definition) is 1. The van der Waals surface area contributed by atoms with Gasteiger partial charge in [-0.05, 0) is 31.4 Å². The molecule has 0 unspecified atom stereocenters. The molecule has 1 aliphatic heterocycles. The predicted molar refractivity (Wildman–Crippen MR) is 128 cm³/mol. The molecular formula is C22H26ClN5O3S. The Morgan fingerprint density at radius 3 is 2.59 bits per heavy atom. The van der Waals surface area contributed by atoms with Crippen LogP contribution in [-0.2, 0) is 17.1 Å². The number of nitrogens with zero attached hydrogens (tertiary/aromatic N) is 4. The molecule has 1 aliphatic rings. The van der Waals surface area contributed by atoms with E-state index in [-0.39, 0.29) is 17.4 Å². The second kappa shape index (κ2) is 9.17. The van der Waals surface area contributed by atoms with Crippen molar-refractivity contribution in [1.82, 2.24) is 18.8 Å². The van der Waals surface area contributed by atoms with Crippen LogP contribution in [0.3, 0.4) is 0 Å². The highest BCUT2D eigenvalue weighted by molar-refractivity contribution is 7.89. The summed E-state index contributed by atoms with van der Waals surface area (Å²) < 4.78 is 27.6. The molecule has 0 amide bonds. The molecule has 0 aliphatic carbocycles. The van der Waals surface area contributed by atoms with Gasteiger partial charge in [0.1, 0.15) is 5.65 Å². The summed E-state index contributed by atoms with van der Waals surface area (Å²) in [5.74, 6) is 0.608. The highest BCUT2D eigenvalue weighted by Gasteiger charge is 2.27. The number of pyridine rings is 1. The van der Waals surface area contributed by atoms with E-state index in [2.05, 4.69) is 15.3 Å². The maximum Gasteiger partial charge on any atom is 0.259 e. The molecule has 1 saturated heterocycles. The second-order valence-corrected chi connectivity index (χ2v) is 10.5. The summed E-state index contributed by atoms with van der Waals surface area (Å²) >= 11 is 6.29. The molecule has 3 heterocycles. The topological polar surface area (TPSA) is 97.2 Å². The van der Waals surface area contributed by atoms with Crippen molar-refractivity contribution >= 4 is 38.6 Å². The summed E-state index contributed by atoms with van der Waals surface area (Å²) in [7, 11) is -1.49. The minimum absolute atomic E-state index is 0.0694. The van der Waals surface area contributed by atoms with Gasteiger partial charge in [0.05, 0.1) is 5.75 Å². The molecule has 3 aromatic rings. The maximum absolute atomic E-state index is 13.0. The maximum atomic E-state index is 13.0. The van der Waals surface area contributed by atoms with E-state index in [9.17, 15) is 13.2 Å². The Hall–Kier alpha value is -2.49. The zero-order valence-electron chi connectivity index (χ0n) is 18.1. The van der Waals surface area contributed by atoms with Crippen LogP contribution in [0.15, 0.2) is 41.3 Å². The third-order valence-electron chi connectivity index (χ3n) is 5.76. The zero-order chi connectivity index (χ0) is 22.9. The van der Waals surface area contributed by atoms with Crippen molar-refractivity contribution < 1.29 is 8.42 Å². The van der Waals surface area contributed by atoms with Gasteiger partial charge < -0.3 is 5.32 Å². The van der Waals surface area contributed by atoms with E-state index in [1.807, 2.05) is 25.1 Å². The van der Waals surface area contributed by atoms with Crippen molar-refractivity contribution in [3.8, 4) is 11.1 Å². The van der Waals surface area contributed by atoms with Crippen LogP contribution in [-0.4, -0.2) is 52.1 Å². The number of benzene rings is 1. The van der Waals surface area contributed by atoms with Crippen molar-refractivity contribution in [1.29, 1.82) is 0 Å². The van der Waals surface area contributed by atoms with E-state index in [0.717, 1.165) is 5.39 Å². The molecule has 170 valence electrons. The van der Waals surface area contributed by atoms with E-state index < -0.39 is 10.0 Å². The van der Waals surface area contributed by atoms with Crippen molar-refractivity contribution in [2.75, 3.05) is 24.2 Å². The van der Waals surface area contributed by atoms with Crippen LogP contribution in [0, 0.1) is 0 Å². The quantitative estimate of drug-likeness (QED) is 0.587. The number of nitrogens with one attached hydrogen (secondary N) is 1. The Kier molecular flexibility index (Phi) is 6.50. The van der Waals surface area contributed by atoms with Crippen LogP contribution in [0.5, 0.6) is 0 Å². The van der Waals surface area contributed by atoms with Gasteiger partial charge in [0, 0.05) is 53.9 Å². The lowest BCUT2D eigenvalue weighted by Crippen LogP contribution is -2.43. The first-order valence-electron chi connectivity index (χ1n) is 10.7. The standard InChI is InChI=1S/C22H26ClN5O3S/c1-3-12-32(30,31)28-10-8-16(9-11-28)25-22-24-14-15-13-18(17-6-4-5-7-19(17)23)21(29)27(2)20(15)26-22/h4-7,13-14,16H,3,8-12H2,1-2H3,(H,24,25,26). The van der Waals surface area contributed by atoms with Crippen LogP contribution in [0.2, 0.25) is 5.02 Å². The first kappa shape index (κ1) is 22.7. The monoisotopic (exact) mass is 475 g/mol. The molecule has 0 atom stereocenters. The van der Waals surface area contributed by atoms with Gasteiger partial charge in [-0.1, -0.05) is 36.7 Å². The molecule has 1 aromatic carbocycles. The smallest absolute Gasteiger partial charge is 0.259 e. The van der Waals surface area contributed by atoms with Crippen molar-refractivity contribution in [2.24, 2.45) is 7.05 Å². The highest BCUT2D eigenvalue weighted by atomic mass is 35.5. The summed E-state index contributed by atoms with van der Waals surface area (Å²) in [4.78, 5) is 22.0. The van der Waals surface area contributed by atoms with Gasteiger partial charge in [-0.2, -0.15) is 4.98 Å². The van der Waals surface area contributed by atoms with E-state index in [4.69, 9.17) is 11.6 Å². The van der Waals surface area contributed by atoms with E-state index in [1.54, 1.807) is 29.7 Å². The highest BCUT2D eigenvalue weighted by Crippen LogP contribution is 2.27. The summed E-state index contributed by atoms with van der Waals surface area (Å²) in [5.41, 5.74) is 1.50. The summed E-state index contributed by atoms with van der Waals surface area (Å²) in [5, 5.41) is 4.54. The fraction of sp³-hybridized carbons (Fsp3) is 0.409. The van der Waals surface area contributed by atoms with Gasteiger partial charge in [-0.3, -0.25) is 9.36 Å². The van der Waals surface area contributed by atoms with Crippen LogP contribution in [0.25, 0.3) is 22.2 Å². The zero-order valence-corrected chi connectivity index (χ0v) is 19.7. The molecule has 0 bridgehead atoms. The molecule has 1 N–H and O–H groups in total. The largest absolute Gasteiger partial charge is 0.351 e. The Morgan fingerprint density at radius 1 is 1.19 bits per heavy atom. The molecule has 2 aromatic heterocycles. The molecule has 10 heteroatoms. The number of hydrogen-bond acceptors (Lipinski definition) is 6. The van der Waals surface area contributed by atoms with Crippen LogP contribution >= 0.6 is 11.6 Å². The number of anilines is 1. The SMILES string of the molecule is CCCS(=O)(=O)N1CCC(Nc2ncc3cc(-c4ccccc4Cl)c(=O)n(C)c3n2)CC1. The number of piperidine rings is 1. The third-order valence-corrected chi connectivity index (χ3v) is 8.16. The van der Waals surface area contributed by atoms with Crippen LogP contribution in [0.1, 0.15) is 26.2 Å². The molecule has 32 heavy (non-hydrogen) atoms. The molecule has 0 saturated carbocycles. The molecule has 0 spiro atoms. The normalized spacial score (nSPS) is 15.8. The van der Waals surface area contributed by atoms with E-state index in [0.29, 0.717) is 60.1 Å². The number of halogens is 1. The van der Waals surface area contributed by atoms with Gasteiger partial charge in [0.15, 0.2) is 0 Å². The number of sulfonamides is 1. The van der Waals surface area contributed by atoms with Crippen molar-refractivity contribution in [3.63, 3.8) is 0 Å². The lowest BCUT2D eigenvalue weighted by molar-refractivity contribution is 0.329. The lowest BCUT2D eigenvalue weighted by atomic mass is 10.1. The lowest BCUT2D eigenvalue weighted by Gasteiger charge is -2.31. The molecule has 4 rings (SSSR count). The number of rotatable bonds is 6. The number of aryl methyl sites for hydroxylation is 1. The van der Waals surface area contributed by atoms with Gasteiger partial charge in [-0.25, -0.2) is 17.7 Å². The minimum Gasteiger partial charge on any atom is -0.351 e. The first-order chi connectivity index (χ1) is 15.3. The fourth-order valence-corrected chi connectivity index (χ4v) is 5.82. The predicted octanol–water partition coefficient (Wildman–Crippen LogP) is 3.27. The molecule has 8 nitrogen and oxygen atoms in total. The number of fused-ring (bicyclic) bond motifs is 1. The van der Waals surface area contributed by atoms with Gasteiger partial charge in [0.2, 0.25) is 16.0 Å². The average Bonchev–Trinajstić information content (AvgIpc) is 2.77. The fourth-order valence-electron chi connectivity index (χ4n) is 4.04. The Bertz CT molecular complexity index is 1300. The van der Waals surface area contributed by atoms with Crippen molar-refractivity contribution in [2.45, 2.75) is 32.2 Å². The molecular weight excluding hydrogens is 450 g/mol.